The zero-order valence-electron chi connectivity index (χ0n) is 18.7. The van der Waals surface area contributed by atoms with Crippen molar-refractivity contribution in [3.05, 3.63) is 52.7 Å². The van der Waals surface area contributed by atoms with E-state index in [4.69, 9.17) is 9.15 Å². The molecule has 1 fully saturated rings. The van der Waals surface area contributed by atoms with Crippen LogP contribution < -0.4 is 0 Å². The van der Waals surface area contributed by atoms with Gasteiger partial charge in [0, 0.05) is 46.3 Å². The fourth-order valence-corrected chi connectivity index (χ4v) is 3.60. The van der Waals surface area contributed by atoms with Crippen molar-refractivity contribution in [2.24, 2.45) is 0 Å². The third-order valence-electron chi connectivity index (χ3n) is 5.68. The van der Waals surface area contributed by atoms with E-state index in [1.54, 1.807) is 11.9 Å². The van der Waals surface area contributed by atoms with Crippen LogP contribution >= 0.6 is 0 Å². The van der Waals surface area contributed by atoms with Crippen LogP contribution in [0.25, 0.3) is 0 Å². The largest absolute Gasteiger partial charge is 0.447 e. The summed E-state index contributed by atoms with van der Waals surface area (Å²) in [5.41, 5.74) is 4.23. The molecule has 0 spiro atoms. The number of hydrogen-bond donors (Lipinski definition) is 0. The molecule has 0 N–H and O–H groups in total. The van der Waals surface area contributed by atoms with Crippen LogP contribution in [0.15, 0.2) is 28.9 Å². The fourth-order valence-electron chi connectivity index (χ4n) is 3.60. The number of hydrogen-bond acceptors (Lipinski definition) is 6. The quantitative estimate of drug-likeness (QED) is 0.629. The van der Waals surface area contributed by atoms with Crippen LogP contribution in [0.1, 0.15) is 40.0 Å². The highest BCUT2D eigenvalue weighted by Crippen LogP contribution is 2.16. The van der Waals surface area contributed by atoms with E-state index in [-0.39, 0.29) is 5.91 Å². The topological polar surface area (TPSA) is 62.1 Å². The summed E-state index contributed by atoms with van der Waals surface area (Å²) in [7, 11) is 1.77. The lowest BCUT2D eigenvalue weighted by Gasteiger charge is -2.30. The molecule has 1 aliphatic rings. The first-order valence-electron chi connectivity index (χ1n) is 10.7. The smallest absolute Gasteiger partial charge is 0.275 e. The van der Waals surface area contributed by atoms with Crippen molar-refractivity contribution in [2.75, 3.05) is 53.0 Å². The van der Waals surface area contributed by atoms with Crippen LogP contribution in [0.2, 0.25) is 0 Å². The van der Waals surface area contributed by atoms with Gasteiger partial charge in [-0.15, -0.1) is 0 Å². The Balaban J connectivity index is 1.69. The molecule has 1 aromatic carbocycles. The molecule has 3 rings (SSSR count). The number of nitrogens with zero attached hydrogens (tertiary/aromatic N) is 4. The average Bonchev–Trinajstić information content (AvgIpc) is 3.22. The average molecular weight is 415 g/mol. The summed E-state index contributed by atoms with van der Waals surface area (Å²) >= 11 is 0. The molecule has 2 heterocycles. The van der Waals surface area contributed by atoms with Crippen LogP contribution in [0.3, 0.4) is 0 Å². The summed E-state index contributed by atoms with van der Waals surface area (Å²) in [5.74, 6) is 0.469. The number of carbonyl (C=O) groups is 1. The summed E-state index contributed by atoms with van der Waals surface area (Å²) in [4.78, 5) is 23.2. The van der Waals surface area contributed by atoms with E-state index in [1.165, 1.54) is 23.0 Å². The second kappa shape index (κ2) is 10.7. The summed E-state index contributed by atoms with van der Waals surface area (Å²) in [6, 6.07) is 6.58. The zero-order valence-corrected chi connectivity index (χ0v) is 18.7. The van der Waals surface area contributed by atoms with E-state index >= 15 is 0 Å². The Labute approximate surface area is 179 Å². The lowest BCUT2D eigenvalue weighted by atomic mass is 10.1. The summed E-state index contributed by atoms with van der Waals surface area (Å²) in [5, 5.41) is 0. The summed E-state index contributed by atoms with van der Waals surface area (Å²) in [6.07, 6.45) is 1.47. The van der Waals surface area contributed by atoms with Gasteiger partial charge in [-0.05, 0) is 31.9 Å². The Kier molecular flexibility index (Phi) is 8.01. The van der Waals surface area contributed by atoms with Gasteiger partial charge < -0.3 is 14.1 Å². The molecule has 0 unspecified atom stereocenters. The highest BCUT2D eigenvalue weighted by Gasteiger charge is 2.19. The molecule has 7 heteroatoms. The predicted molar refractivity (Wildman–Crippen MR) is 116 cm³/mol. The maximum atomic E-state index is 12.3. The van der Waals surface area contributed by atoms with Crippen molar-refractivity contribution in [1.29, 1.82) is 0 Å². The van der Waals surface area contributed by atoms with E-state index in [9.17, 15) is 4.79 Å². The van der Waals surface area contributed by atoms with Crippen molar-refractivity contribution < 1.29 is 13.9 Å². The van der Waals surface area contributed by atoms with Gasteiger partial charge in [0.2, 0.25) is 5.89 Å². The predicted octanol–water partition coefficient (Wildman–Crippen LogP) is 2.72. The number of rotatable bonds is 9. The normalized spacial score (nSPS) is 15.0. The molecule has 1 saturated heterocycles. The van der Waals surface area contributed by atoms with Crippen molar-refractivity contribution >= 4 is 5.91 Å². The maximum absolute atomic E-state index is 12.3. The standard InChI is InChI=1S/C23H34N4O3/c1-5-25(4)23(28)21-17-30-22(24-21)16-27(9-8-26-10-12-29-13-11-26)15-20-7-6-18(2)14-19(20)3/h6-7,14,17H,5,8-13,15-16H2,1-4H3. The second-order valence-electron chi connectivity index (χ2n) is 8.04. The molecule has 1 amide bonds. The van der Waals surface area contributed by atoms with E-state index in [2.05, 4.69) is 46.8 Å². The molecule has 1 aliphatic heterocycles. The van der Waals surface area contributed by atoms with Crippen molar-refractivity contribution in [2.45, 2.75) is 33.9 Å². The molecule has 7 nitrogen and oxygen atoms in total. The number of ether oxygens (including phenoxy) is 1. The first-order chi connectivity index (χ1) is 14.5. The lowest BCUT2D eigenvalue weighted by Crippen LogP contribution is -2.41. The number of oxazole rings is 1. The zero-order chi connectivity index (χ0) is 21.5. The first kappa shape index (κ1) is 22.5. The SMILES string of the molecule is CCN(C)C(=O)c1coc(CN(CCN2CCOCC2)Cc2ccc(C)cc2C)n1. The van der Waals surface area contributed by atoms with Crippen molar-refractivity contribution in [3.63, 3.8) is 0 Å². The van der Waals surface area contributed by atoms with Crippen molar-refractivity contribution in [1.82, 2.24) is 19.7 Å². The molecule has 0 radical (unpaired) electrons. The van der Waals surface area contributed by atoms with E-state index < -0.39 is 0 Å². The minimum Gasteiger partial charge on any atom is -0.447 e. The highest BCUT2D eigenvalue weighted by atomic mass is 16.5. The van der Waals surface area contributed by atoms with Gasteiger partial charge in [0.05, 0.1) is 19.8 Å². The Morgan fingerprint density at radius 3 is 2.67 bits per heavy atom. The third-order valence-corrected chi connectivity index (χ3v) is 5.68. The molecule has 0 bridgehead atoms. The number of benzene rings is 1. The van der Waals surface area contributed by atoms with E-state index in [0.717, 1.165) is 45.9 Å². The molecular formula is C23H34N4O3. The monoisotopic (exact) mass is 414 g/mol. The molecule has 164 valence electrons. The van der Waals surface area contributed by atoms with Crippen LogP contribution in [0.5, 0.6) is 0 Å². The van der Waals surface area contributed by atoms with E-state index in [1.807, 2.05) is 6.92 Å². The van der Waals surface area contributed by atoms with Gasteiger partial charge in [0.15, 0.2) is 5.69 Å². The Morgan fingerprint density at radius 2 is 1.97 bits per heavy atom. The molecule has 30 heavy (non-hydrogen) atoms. The Bertz CT molecular complexity index is 830. The van der Waals surface area contributed by atoms with Gasteiger partial charge in [-0.3, -0.25) is 14.6 Å². The van der Waals surface area contributed by atoms with Gasteiger partial charge in [-0.25, -0.2) is 4.98 Å². The van der Waals surface area contributed by atoms with E-state index in [0.29, 0.717) is 24.7 Å². The number of amides is 1. The minimum atomic E-state index is -0.109. The van der Waals surface area contributed by atoms with Gasteiger partial charge in [0.25, 0.3) is 5.91 Å². The number of morpholine rings is 1. The van der Waals surface area contributed by atoms with Crippen LogP contribution in [-0.2, 0) is 17.8 Å². The minimum absolute atomic E-state index is 0.109. The lowest BCUT2D eigenvalue weighted by molar-refractivity contribution is 0.0320. The van der Waals surface area contributed by atoms with Crippen LogP contribution in [-0.4, -0.2) is 78.6 Å². The van der Waals surface area contributed by atoms with Gasteiger partial charge in [0.1, 0.15) is 6.26 Å². The summed E-state index contributed by atoms with van der Waals surface area (Å²) < 4.78 is 11.1. The first-order valence-corrected chi connectivity index (χ1v) is 10.7. The molecule has 1 aromatic heterocycles. The number of aryl methyl sites for hydroxylation is 2. The Hall–Kier alpha value is -2.22. The van der Waals surface area contributed by atoms with Crippen LogP contribution in [0.4, 0.5) is 0 Å². The van der Waals surface area contributed by atoms with Gasteiger partial charge in [-0.1, -0.05) is 23.8 Å². The summed E-state index contributed by atoms with van der Waals surface area (Å²) in [6.45, 7) is 13.6. The fraction of sp³-hybridized carbons (Fsp3) is 0.565. The van der Waals surface area contributed by atoms with Gasteiger partial charge >= 0.3 is 0 Å². The molecule has 2 aromatic rings. The second-order valence-corrected chi connectivity index (χ2v) is 8.04. The van der Waals surface area contributed by atoms with Crippen molar-refractivity contribution in [3.8, 4) is 0 Å². The molecular weight excluding hydrogens is 380 g/mol. The Morgan fingerprint density at radius 1 is 1.20 bits per heavy atom. The molecule has 0 atom stereocenters. The number of carbonyl (C=O) groups excluding carboxylic acids is 1. The van der Waals surface area contributed by atoms with Crippen LogP contribution in [0, 0.1) is 13.8 Å². The highest BCUT2D eigenvalue weighted by molar-refractivity contribution is 5.91. The van der Waals surface area contributed by atoms with Gasteiger partial charge in [-0.2, -0.15) is 0 Å². The molecule has 0 aliphatic carbocycles. The maximum Gasteiger partial charge on any atom is 0.275 e. The third kappa shape index (κ3) is 6.14. The number of aromatic nitrogens is 1. The molecule has 0 saturated carbocycles.